The fraction of sp³-hybridized carbons (Fsp3) is 0.364. The van der Waals surface area contributed by atoms with Crippen molar-refractivity contribution in [3.05, 3.63) is 34.1 Å². The van der Waals surface area contributed by atoms with Gasteiger partial charge in [-0.2, -0.15) is 0 Å². The monoisotopic (exact) mass is 289 g/mol. The van der Waals surface area contributed by atoms with E-state index in [-0.39, 0.29) is 11.6 Å². The van der Waals surface area contributed by atoms with Gasteiger partial charge in [-0.05, 0) is 25.1 Å². The summed E-state index contributed by atoms with van der Waals surface area (Å²) in [6.45, 7) is 2.18. The number of rotatable bonds is 4. The molecule has 1 atom stereocenters. The van der Waals surface area contributed by atoms with Crippen molar-refractivity contribution in [3.8, 4) is 0 Å². The Hall–Kier alpha value is -0.940. The van der Waals surface area contributed by atoms with Gasteiger partial charge in [-0.1, -0.05) is 15.9 Å². The molecule has 5 heteroatoms. The molecular weight excluding hydrogens is 277 g/mol. The molecule has 88 valence electrons. The van der Waals surface area contributed by atoms with Crippen LogP contribution in [0.15, 0.2) is 22.7 Å². The summed E-state index contributed by atoms with van der Waals surface area (Å²) in [6.07, 6.45) is 0. The van der Waals surface area contributed by atoms with Gasteiger partial charge in [0.25, 0.3) is 5.91 Å². The number of hydrogen-bond donors (Lipinski definition) is 1. The van der Waals surface area contributed by atoms with Crippen LogP contribution in [-0.2, 0) is 4.74 Å². The first-order chi connectivity index (χ1) is 7.54. The van der Waals surface area contributed by atoms with Crippen LogP contribution in [0.1, 0.15) is 17.3 Å². The van der Waals surface area contributed by atoms with Crippen molar-refractivity contribution in [2.75, 3.05) is 13.7 Å². The van der Waals surface area contributed by atoms with Crippen molar-refractivity contribution in [3.63, 3.8) is 0 Å². The largest absolute Gasteiger partial charge is 0.383 e. The average Bonchev–Trinajstić information content (AvgIpc) is 2.17. The lowest BCUT2D eigenvalue weighted by atomic mass is 10.2. The lowest BCUT2D eigenvalue weighted by molar-refractivity contribution is 0.0901. The van der Waals surface area contributed by atoms with E-state index in [1.807, 2.05) is 0 Å². The van der Waals surface area contributed by atoms with Gasteiger partial charge in [0, 0.05) is 17.6 Å². The van der Waals surface area contributed by atoms with Gasteiger partial charge in [0.05, 0.1) is 12.2 Å². The van der Waals surface area contributed by atoms with E-state index in [2.05, 4.69) is 21.2 Å². The summed E-state index contributed by atoms with van der Waals surface area (Å²) in [7, 11) is 1.54. The molecule has 0 bridgehead atoms. The van der Waals surface area contributed by atoms with E-state index < -0.39 is 11.7 Å². The fourth-order valence-electron chi connectivity index (χ4n) is 1.27. The molecular formula is C11H13BrFNO2. The Morgan fingerprint density at radius 1 is 1.62 bits per heavy atom. The smallest absolute Gasteiger partial charge is 0.254 e. The van der Waals surface area contributed by atoms with E-state index in [0.29, 0.717) is 11.1 Å². The molecule has 0 heterocycles. The standard InChI is InChI=1S/C11H13BrFNO2/c1-7(6-16-2)14-11(15)9-4-3-8(12)5-10(9)13/h3-5,7H,6H2,1-2H3,(H,14,15). The fourth-order valence-corrected chi connectivity index (χ4v) is 1.60. The molecule has 0 aliphatic carbocycles. The van der Waals surface area contributed by atoms with E-state index in [0.717, 1.165) is 0 Å². The third-order valence-corrected chi connectivity index (χ3v) is 2.46. The summed E-state index contributed by atoms with van der Waals surface area (Å²) in [5.41, 5.74) is 0.0335. The number of benzene rings is 1. The summed E-state index contributed by atoms with van der Waals surface area (Å²) in [5.74, 6) is -0.981. The van der Waals surface area contributed by atoms with Gasteiger partial charge < -0.3 is 10.1 Å². The van der Waals surface area contributed by atoms with Crippen LogP contribution in [0.3, 0.4) is 0 Å². The molecule has 0 aliphatic rings. The lowest BCUT2D eigenvalue weighted by Gasteiger charge is -2.13. The van der Waals surface area contributed by atoms with Gasteiger partial charge in [0.2, 0.25) is 0 Å². The highest BCUT2D eigenvalue weighted by atomic mass is 79.9. The summed E-state index contributed by atoms with van der Waals surface area (Å²) in [4.78, 5) is 11.6. The zero-order valence-electron chi connectivity index (χ0n) is 9.09. The number of ether oxygens (including phenoxy) is 1. The Morgan fingerprint density at radius 3 is 2.88 bits per heavy atom. The van der Waals surface area contributed by atoms with Crippen molar-refractivity contribution in [1.29, 1.82) is 0 Å². The van der Waals surface area contributed by atoms with Crippen LogP contribution in [0, 0.1) is 5.82 Å². The molecule has 0 aliphatic heterocycles. The normalized spacial score (nSPS) is 12.2. The minimum atomic E-state index is -0.545. The summed E-state index contributed by atoms with van der Waals surface area (Å²) < 4.78 is 18.9. The molecule has 1 amide bonds. The van der Waals surface area contributed by atoms with Crippen LogP contribution in [0.5, 0.6) is 0 Å². The van der Waals surface area contributed by atoms with Gasteiger partial charge in [-0.15, -0.1) is 0 Å². The van der Waals surface area contributed by atoms with E-state index in [1.54, 1.807) is 20.1 Å². The number of amides is 1. The Labute approximate surface area is 102 Å². The maximum atomic E-state index is 13.4. The third-order valence-electron chi connectivity index (χ3n) is 1.97. The SMILES string of the molecule is COCC(C)NC(=O)c1ccc(Br)cc1F. The van der Waals surface area contributed by atoms with E-state index in [4.69, 9.17) is 4.74 Å². The number of hydrogen-bond acceptors (Lipinski definition) is 2. The highest BCUT2D eigenvalue weighted by molar-refractivity contribution is 9.10. The Kier molecular flexibility index (Phi) is 4.89. The molecule has 0 spiro atoms. The molecule has 0 saturated heterocycles. The first kappa shape index (κ1) is 13.1. The molecule has 1 rings (SSSR count). The second-order valence-electron chi connectivity index (χ2n) is 3.45. The zero-order chi connectivity index (χ0) is 12.1. The van der Waals surface area contributed by atoms with Crippen LogP contribution >= 0.6 is 15.9 Å². The average molecular weight is 290 g/mol. The Balaban J connectivity index is 2.73. The highest BCUT2D eigenvalue weighted by Crippen LogP contribution is 2.15. The first-order valence-corrected chi connectivity index (χ1v) is 5.58. The first-order valence-electron chi connectivity index (χ1n) is 4.79. The summed E-state index contributed by atoms with van der Waals surface area (Å²) in [5, 5.41) is 2.64. The number of methoxy groups -OCH3 is 1. The molecule has 16 heavy (non-hydrogen) atoms. The number of carbonyl (C=O) groups excluding carboxylic acids is 1. The highest BCUT2D eigenvalue weighted by Gasteiger charge is 2.13. The van der Waals surface area contributed by atoms with Crippen molar-refractivity contribution in [2.24, 2.45) is 0 Å². The van der Waals surface area contributed by atoms with E-state index in [9.17, 15) is 9.18 Å². The lowest BCUT2D eigenvalue weighted by Crippen LogP contribution is -2.36. The van der Waals surface area contributed by atoms with E-state index >= 15 is 0 Å². The van der Waals surface area contributed by atoms with Crippen LogP contribution < -0.4 is 5.32 Å². The van der Waals surface area contributed by atoms with Crippen molar-refractivity contribution in [1.82, 2.24) is 5.32 Å². The number of nitrogens with one attached hydrogen (secondary N) is 1. The minimum absolute atomic E-state index is 0.0335. The summed E-state index contributed by atoms with van der Waals surface area (Å²) in [6, 6.07) is 4.17. The van der Waals surface area contributed by atoms with Gasteiger partial charge in [-0.3, -0.25) is 4.79 Å². The molecule has 1 unspecified atom stereocenters. The molecule has 3 nitrogen and oxygen atoms in total. The predicted molar refractivity (Wildman–Crippen MR) is 62.9 cm³/mol. The molecule has 0 fully saturated rings. The van der Waals surface area contributed by atoms with Crippen LogP contribution in [-0.4, -0.2) is 25.7 Å². The van der Waals surface area contributed by atoms with Gasteiger partial charge in [0.1, 0.15) is 5.82 Å². The number of carbonyl (C=O) groups is 1. The predicted octanol–water partition coefficient (Wildman–Crippen LogP) is 2.35. The quantitative estimate of drug-likeness (QED) is 0.924. The number of halogens is 2. The second-order valence-corrected chi connectivity index (χ2v) is 4.37. The van der Waals surface area contributed by atoms with Crippen LogP contribution in [0.25, 0.3) is 0 Å². The summed E-state index contributed by atoms with van der Waals surface area (Å²) >= 11 is 3.13. The van der Waals surface area contributed by atoms with Crippen molar-refractivity contribution < 1.29 is 13.9 Å². The second kappa shape index (κ2) is 5.96. The minimum Gasteiger partial charge on any atom is -0.383 e. The Bertz CT molecular complexity index is 384. The third kappa shape index (κ3) is 3.57. The van der Waals surface area contributed by atoms with E-state index in [1.165, 1.54) is 12.1 Å². The van der Waals surface area contributed by atoms with Crippen LogP contribution in [0.2, 0.25) is 0 Å². The van der Waals surface area contributed by atoms with Gasteiger partial charge in [0.15, 0.2) is 0 Å². The Morgan fingerprint density at radius 2 is 2.31 bits per heavy atom. The van der Waals surface area contributed by atoms with Gasteiger partial charge in [-0.25, -0.2) is 4.39 Å². The topological polar surface area (TPSA) is 38.3 Å². The molecule has 1 aromatic rings. The zero-order valence-corrected chi connectivity index (χ0v) is 10.7. The molecule has 0 saturated carbocycles. The van der Waals surface area contributed by atoms with Gasteiger partial charge >= 0.3 is 0 Å². The molecule has 0 aromatic heterocycles. The molecule has 1 aromatic carbocycles. The maximum Gasteiger partial charge on any atom is 0.254 e. The van der Waals surface area contributed by atoms with Crippen LogP contribution in [0.4, 0.5) is 4.39 Å². The van der Waals surface area contributed by atoms with Crippen molar-refractivity contribution in [2.45, 2.75) is 13.0 Å². The molecule has 0 radical (unpaired) electrons. The van der Waals surface area contributed by atoms with Crippen molar-refractivity contribution >= 4 is 21.8 Å². The maximum absolute atomic E-state index is 13.4. The molecule has 1 N–H and O–H groups in total.